The first-order chi connectivity index (χ1) is 12.4. The fraction of sp³-hybridized carbons (Fsp3) is 0.550. The fourth-order valence-corrected chi connectivity index (χ4v) is 4.78. The Hall–Kier alpha value is -1.66. The molecule has 1 aromatic heterocycles. The van der Waals surface area contributed by atoms with Gasteiger partial charge < -0.3 is 5.11 Å². The maximum Gasteiger partial charge on any atom is 0.416 e. The van der Waals surface area contributed by atoms with Crippen molar-refractivity contribution in [1.82, 2.24) is 9.88 Å². The zero-order chi connectivity index (χ0) is 18.5. The molecule has 1 aromatic carbocycles. The molecule has 0 spiro atoms. The molecule has 3 saturated heterocycles. The van der Waals surface area contributed by atoms with Crippen LogP contribution in [0.2, 0.25) is 0 Å². The second kappa shape index (κ2) is 6.50. The molecule has 3 aliphatic rings. The number of benzene rings is 1. The number of aromatic nitrogens is 1. The van der Waals surface area contributed by atoms with Crippen molar-refractivity contribution in [3.8, 4) is 0 Å². The summed E-state index contributed by atoms with van der Waals surface area (Å²) < 4.78 is 38.9. The van der Waals surface area contributed by atoms with Gasteiger partial charge in [-0.1, -0.05) is 19.4 Å². The summed E-state index contributed by atoms with van der Waals surface area (Å²) in [5.74, 6) is 1.32. The summed E-state index contributed by atoms with van der Waals surface area (Å²) in [6, 6.07) is 5.34. The summed E-state index contributed by atoms with van der Waals surface area (Å²) >= 11 is 0. The van der Waals surface area contributed by atoms with Crippen LogP contribution in [0.3, 0.4) is 0 Å². The number of alkyl halides is 3. The van der Waals surface area contributed by atoms with Crippen molar-refractivity contribution in [2.45, 2.75) is 44.5 Å². The van der Waals surface area contributed by atoms with E-state index in [9.17, 15) is 18.3 Å². The van der Waals surface area contributed by atoms with Gasteiger partial charge >= 0.3 is 6.18 Å². The van der Waals surface area contributed by atoms with E-state index in [-0.39, 0.29) is 11.6 Å². The normalized spacial score (nSPS) is 29.9. The highest BCUT2D eigenvalue weighted by Gasteiger charge is 2.42. The number of piperidine rings is 3. The largest absolute Gasteiger partial charge is 0.416 e. The Labute approximate surface area is 150 Å². The van der Waals surface area contributed by atoms with Crippen LogP contribution in [0.15, 0.2) is 30.5 Å². The molecule has 140 valence electrons. The Morgan fingerprint density at radius 1 is 1.31 bits per heavy atom. The first-order valence-corrected chi connectivity index (χ1v) is 9.26. The lowest BCUT2D eigenvalue weighted by molar-refractivity contribution is -0.137. The lowest BCUT2D eigenvalue weighted by atomic mass is 9.72. The summed E-state index contributed by atoms with van der Waals surface area (Å²) in [6.07, 6.45) is -0.335. The second-order valence-electron chi connectivity index (χ2n) is 7.59. The fourth-order valence-electron chi connectivity index (χ4n) is 4.78. The van der Waals surface area contributed by atoms with E-state index in [1.54, 1.807) is 6.07 Å². The average Bonchev–Trinajstić information content (AvgIpc) is 2.66. The second-order valence-corrected chi connectivity index (χ2v) is 7.59. The predicted molar refractivity (Wildman–Crippen MR) is 93.6 cm³/mol. The van der Waals surface area contributed by atoms with Gasteiger partial charge in [-0.25, -0.2) is 0 Å². The number of nitrogens with zero attached hydrogens (tertiary/aromatic N) is 2. The molecule has 0 aliphatic carbocycles. The molecule has 26 heavy (non-hydrogen) atoms. The third kappa shape index (κ3) is 2.99. The van der Waals surface area contributed by atoms with E-state index in [4.69, 9.17) is 0 Å². The standard InChI is InChI=1S/C20H23F3N2O/c1-2-12-11-25-8-6-13(12)9-18(25)19(26)16-5-7-24-17-10-14(20(21,22)23)3-4-15(16)17/h3-5,7,10,12-13,18-19,26H,2,6,8-9,11H2,1H3/t12-,13-,18-,19+/m0/s1. The maximum absolute atomic E-state index is 13.0. The van der Waals surface area contributed by atoms with Gasteiger partial charge in [0, 0.05) is 24.2 Å². The van der Waals surface area contributed by atoms with Crippen LogP contribution in [0.4, 0.5) is 13.2 Å². The van der Waals surface area contributed by atoms with Crippen LogP contribution in [-0.4, -0.2) is 34.1 Å². The van der Waals surface area contributed by atoms with Crippen LogP contribution in [0.5, 0.6) is 0 Å². The van der Waals surface area contributed by atoms with E-state index in [0.717, 1.165) is 38.1 Å². The van der Waals surface area contributed by atoms with Crippen molar-refractivity contribution in [2.75, 3.05) is 13.1 Å². The molecule has 1 N–H and O–H groups in total. The zero-order valence-electron chi connectivity index (χ0n) is 14.7. The van der Waals surface area contributed by atoms with E-state index < -0.39 is 17.8 Å². The van der Waals surface area contributed by atoms with Gasteiger partial charge in [0.15, 0.2) is 0 Å². The van der Waals surface area contributed by atoms with Gasteiger partial charge in [0.1, 0.15) is 0 Å². The highest BCUT2D eigenvalue weighted by atomic mass is 19.4. The van der Waals surface area contributed by atoms with Gasteiger partial charge in [-0.15, -0.1) is 0 Å². The summed E-state index contributed by atoms with van der Waals surface area (Å²) in [7, 11) is 0. The van der Waals surface area contributed by atoms with Crippen molar-refractivity contribution in [3.63, 3.8) is 0 Å². The highest BCUT2D eigenvalue weighted by Crippen LogP contribution is 2.43. The SMILES string of the molecule is CC[C@H]1CN2CC[C@H]1C[C@H]2[C@H](O)c1ccnc2cc(C(F)(F)F)ccc12. The minimum Gasteiger partial charge on any atom is -0.387 e. The molecule has 5 atom stereocenters. The molecular weight excluding hydrogens is 341 g/mol. The Morgan fingerprint density at radius 3 is 2.77 bits per heavy atom. The van der Waals surface area contributed by atoms with E-state index in [1.165, 1.54) is 18.7 Å². The first-order valence-electron chi connectivity index (χ1n) is 9.26. The number of aliphatic hydroxyl groups excluding tert-OH is 1. The number of halogens is 3. The van der Waals surface area contributed by atoms with E-state index in [1.807, 2.05) is 0 Å². The molecule has 0 radical (unpaired) electrons. The third-order valence-electron chi connectivity index (χ3n) is 6.25. The van der Waals surface area contributed by atoms with Crippen molar-refractivity contribution in [2.24, 2.45) is 11.8 Å². The molecule has 0 saturated carbocycles. The highest BCUT2D eigenvalue weighted by molar-refractivity contribution is 5.83. The summed E-state index contributed by atoms with van der Waals surface area (Å²) in [5, 5.41) is 11.7. The monoisotopic (exact) mass is 364 g/mol. The van der Waals surface area contributed by atoms with Gasteiger partial charge in [-0.05, 0) is 55.0 Å². The van der Waals surface area contributed by atoms with Gasteiger partial charge in [0.2, 0.25) is 0 Å². The van der Waals surface area contributed by atoms with Crippen molar-refractivity contribution < 1.29 is 18.3 Å². The number of rotatable bonds is 3. The topological polar surface area (TPSA) is 36.4 Å². The molecule has 5 rings (SSSR count). The Balaban J connectivity index is 1.66. The summed E-state index contributed by atoms with van der Waals surface area (Å²) in [4.78, 5) is 6.45. The molecule has 6 heteroatoms. The minimum atomic E-state index is -4.39. The van der Waals surface area contributed by atoms with Crippen molar-refractivity contribution in [3.05, 3.63) is 41.6 Å². The van der Waals surface area contributed by atoms with Gasteiger partial charge in [-0.2, -0.15) is 13.2 Å². The molecular formula is C20H23F3N2O. The van der Waals surface area contributed by atoms with Crippen LogP contribution < -0.4 is 0 Å². The molecule has 4 heterocycles. The Kier molecular flexibility index (Phi) is 4.43. The predicted octanol–water partition coefficient (Wildman–Crippen LogP) is 4.41. The lowest BCUT2D eigenvalue weighted by Gasteiger charge is -2.51. The number of pyridine rings is 1. The van der Waals surface area contributed by atoms with Crippen LogP contribution in [-0.2, 0) is 6.18 Å². The Bertz CT molecular complexity index is 807. The van der Waals surface area contributed by atoms with Crippen LogP contribution in [0, 0.1) is 11.8 Å². The van der Waals surface area contributed by atoms with Crippen LogP contribution >= 0.6 is 0 Å². The molecule has 3 nitrogen and oxygen atoms in total. The van der Waals surface area contributed by atoms with Crippen molar-refractivity contribution >= 4 is 10.9 Å². The summed E-state index contributed by atoms with van der Waals surface area (Å²) in [6.45, 7) is 4.21. The first kappa shape index (κ1) is 17.7. The molecule has 2 aromatic rings. The average molecular weight is 364 g/mol. The van der Waals surface area contributed by atoms with E-state index >= 15 is 0 Å². The van der Waals surface area contributed by atoms with Gasteiger partial charge in [0.25, 0.3) is 0 Å². The number of aliphatic hydroxyl groups is 1. The minimum absolute atomic E-state index is 0.0319. The number of hydrogen-bond acceptors (Lipinski definition) is 3. The van der Waals surface area contributed by atoms with Crippen LogP contribution in [0.1, 0.15) is 43.4 Å². The van der Waals surface area contributed by atoms with Crippen molar-refractivity contribution in [1.29, 1.82) is 0 Å². The molecule has 3 fully saturated rings. The van der Waals surface area contributed by atoms with Crippen LogP contribution in [0.25, 0.3) is 10.9 Å². The number of fused-ring (bicyclic) bond motifs is 4. The van der Waals surface area contributed by atoms with Gasteiger partial charge in [-0.3, -0.25) is 9.88 Å². The molecule has 1 unspecified atom stereocenters. The van der Waals surface area contributed by atoms with Gasteiger partial charge in [0.05, 0.1) is 17.2 Å². The third-order valence-corrected chi connectivity index (χ3v) is 6.25. The molecule has 3 aliphatic heterocycles. The smallest absolute Gasteiger partial charge is 0.387 e. The lowest BCUT2D eigenvalue weighted by Crippen LogP contribution is -2.55. The zero-order valence-corrected chi connectivity index (χ0v) is 14.7. The van der Waals surface area contributed by atoms with E-state index in [2.05, 4.69) is 16.8 Å². The summed E-state index contributed by atoms with van der Waals surface area (Å²) in [5.41, 5.74) is 0.239. The quantitative estimate of drug-likeness (QED) is 0.877. The molecule has 0 amide bonds. The number of hydrogen-bond donors (Lipinski definition) is 1. The Morgan fingerprint density at radius 2 is 2.12 bits per heavy atom. The van der Waals surface area contributed by atoms with E-state index in [0.29, 0.717) is 22.8 Å². The maximum atomic E-state index is 13.0. The molecule has 2 bridgehead atoms.